The van der Waals surface area contributed by atoms with Crippen LogP contribution >= 0.6 is 11.6 Å². The third-order valence-electron chi connectivity index (χ3n) is 6.62. The molecule has 4 heterocycles. The Kier molecular flexibility index (Phi) is 5.61. The number of nitrogen functional groups attached to an aromatic ring is 1. The number of halogens is 1. The van der Waals surface area contributed by atoms with Crippen LogP contribution in [0.4, 0.5) is 27.7 Å². The van der Waals surface area contributed by atoms with E-state index in [-0.39, 0.29) is 6.03 Å². The molecule has 6 N–H and O–H groups in total. The summed E-state index contributed by atoms with van der Waals surface area (Å²) in [6.07, 6.45) is 6.37. The molecule has 0 unspecified atom stereocenters. The zero-order chi connectivity index (χ0) is 24.6. The smallest absolute Gasteiger partial charge is 0.332 e. The van der Waals surface area contributed by atoms with E-state index < -0.39 is 0 Å². The number of benzene rings is 2. The van der Waals surface area contributed by atoms with E-state index in [9.17, 15) is 4.79 Å². The van der Waals surface area contributed by atoms with Crippen molar-refractivity contribution < 1.29 is 4.79 Å². The van der Waals surface area contributed by atoms with Crippen molar-refractivity contribution in [2.45, 2.75) is 31.6 Å². The molecule has 182 valence electrons. The third kappa shape index (κ3) is 4.18. The first-order valence-corrected chi connectivity index (χ1v) is 12.3. The topological polar surface area (TPSA) is 129 Å². The maximum atomic E-state index is 13.5. The van der Waals surface area contributed by atoms with E-state index in [4.69, 9.17) is 17.3 Å². The SMILES string of the molecule is Nc1cnc2c([nH]c3ccc(cc3)n2C(=O)Nc2cccc(Cl)c2)c1Nc1cc(C2CCCC2)[nH]n1. The van der Waals surface area contributed by atoms with Gasteiger partial charge < -0.3 is 21.4 Å². The number of nitrogens with two attached hydrogens (primary N) is 1. The first-order chi connectivity index (χ1) is 17.5. The van der Waals surface area contributed by atoms with Crippen molar-refractivity contribution in [3.05, 3.63) is 71.5 Å². The second kappa shape index (κ2) is 9.09. The Hall–Kier alpha value is -4.24. The van der Waals surface area contributed by atoms with Gasteiger partial charge in [0.15, 0.2) is 11.5 Å². The Balaban J connectivity index is 1.47. The van der Waals surface area contributed by atoms with Gasteiger partial charge in [-0.05, 0) is 55.3 Å². The molecule has 7 rings (SSSR count). The van der Waals surface area contributed by atoms with E-state index >= 15 is 0 Å². The van der Waals surface area contributed by atoms with Gasteiger partial charge >= 0.3 is 6.03 Å². The van der Waals surface area contributed by atoms with Crippen LogP contribution in [0.15, 0.2) is 60.8 Å². The molecule has 4 aromatic heterocycles. The van der Waals surface area contributed by atoms with Gasteiger partial charge in [0, 0.05) is 33.9 Å². The summed E-state index contributed by atoms with van der Waals surface area (Å²) in [5.74, 6) is 1.16. The quantitative estimate of drug-likeness (QED) is 0.192. The molecule has 9 nitrogen and oxygen atoms in total. The van der Waals surface area contributed by atoms with Crippen molar-refractivity contribution in [3.63, 3.8) is 0 Å². The molecular weight excluding hydrogens is 476 g/mol. The highest BCUT2D eigenvalue weighted by molar-refractivity contribution is 6.30. The molecule has 36 heavy (non-hydrogen) atoms. The summed E-state index contributed by atoms with van der Waals surface area (Å²) in [6, 6.07) is 16.2. The van der Waals surface area contributed by atoms with Crippen molar-refractivity contribution in [3.8, 4) is 0 Å². The van der Waals surface area contributed by atoms with Crippen LogP contribution in [0, 0.1) is 0 Å². The van der Waals surface area contributed by atoms with Crippen LogP contribution in [0.2, 0.25) is 5.02 Å². The molecule has 10 heteroatoms. The number of pyridine rings is 1. The highest BCUT2D eigenvalue weighted by atomic mass is 35.5. The second-order valence-electron chi connectivity index (χ2n) is 9.05. The number of nitrogens with one attached hydrogen (secondary N) is 4. The molecule has 1 amide bonds. The zero-order valence-corrected chi connectivity index (χ0v) is 20.1. The van der Waals surface area contributed by atoms with Crippen LogP contribution in [-0.2, 0) is 0 Å². The van der Waals surface area contributed by atoms with E-state index in [1.165, 1.54) is 30.3 Å². The molecule has 0 spiro atoms. The summed E-state index contributed by atoms with van der Waals surface area (Å²) in [4.78, 5) is 21.5. The second-order valence-corrected chi connectivity index (χ2v) is 9.49. The van der Waals surface area contributed by atoms with Crippen LogP contribution < -0.4 is 16.4 Å². The predicted octanol–water partition coefficient (Wildman–Crippen LogP) is 6.52. The molecule has 0 saturated heterocycles. The first-order valence-electron chi connectivity index (χ1n) is 11.9. The number of H-pyrrole nitrogens is 2. The Bertz CT molecular complexity index is 1590. The molecule has 1 aliphatic rings. The number of rotatable bonds is 4. The van der Waals surface area contributed by atoms with Crippen LogP contribution in [0.3, 0.4) is 0 Å². The van der Waals surface area contributed by atoms with Crippen molar-refractivity contribution in [1.29, 1.82) is 0 Å². The average Bonchev–Trinajstić information content (AvgIpc) is 3.54. The molecule has 0 radical (unpaired) electrons. The molecule has 2 bridgehead atoms. The monoisotopic (exact) mass is 500 g/mol. The fourth-order valence-electron chi connectivity index (χ4n) is 4.83. The number of nitrogens with zero attached hydrogens (tertiary/aromatic N) is 3. The number of aromatic amines is 2. The van der Waals surface area contributed by atoms with Crippen LogP contribution in [-0.4, -0.2) is 30.8 Å². The zero-order valence-electron chi connectivity index (χ0n) is 19.4. The molecular formula is C26H25ClN8O. The third-order valence-corrected chi connectivity index (χ3v) is 6.85. The van der Waals surface area contributed by atoms with Gasteiger partial charge in [0.2, 0.25) is 0 Å². The lowest BCUT2D eigenvalue weighted by atomic mass is 10.0. The number of anilines is 4. The fraction of sp³-hybridized carbons (Fsp3) is 0.192. The van der Waals surface area contributed by atoms with Gasteiger partial charge in [-0.1, -0.05) is 30.5 Å². The molecule has 2 aromatic carbocycles. The summed E-state index contributed by atoms with van der Waals surface area (Å²) < 4.78 is 1.51. The van der Waals surface area contributed by atoms with E-state index in [2.05, 4.69) is 30.8 Å². The Morgan fingerprint density at radius 3 is 2.69 bits per heavy atom. The van der Waals surface area contributed by atoms with Gasteiger partial charge in [-0.3, -0.25) is 5.10 Å². The van der Waals surface area contributed by atoms with Crippen LogP contribution in [0.5, 0.6) is 0 Å². The molecule has 0 aliphatic heterocycles. The number of carbonyl (C=O) groups excluding carboxylic acids is 1. The van der Waals surface area contributed by atoms with Gasteiger partial charge in [-0.2, -0.15) is 5.10 Å². The highest BCUT2D eigenvalue weighted by Gasteiger charge is 2.20. The molecule has 6 aromatic rings. The summed E-state index contributed by atoms with van der Waals surface area (Å²) in [7, 11) is 0. The van der Waals surface area contributed by atoms with Crippen molar-refractivity contribution in [1.82, 2.24) is 24.7 Å². The number of hydrogen-bond donors (Lipinski definition) is 5. The average molecular weight is 501 g/mol. The number of carbonyl (C=O) groups is 1. The van der Waals surface area contributed by atoms with Gasteiger partial charge in [-0.25, -0.2) is 14.3 Å². The van der Waals surface area contributed by atoms with Gasteiger partial charge in [-0.15, -0.1) is 0 Å². The maximum Gasteiger partial charge on any atom is 0.332 e. The van der Waals surface area contributed by atoms with Gasteiger partial charge in [0.1, 0.15) is 5.52 Å². The number of hydrogen-bond acceptors (Lipinski definition) is 5. The molecule has 1 saturated carbocycles. The van der Waals surface area contributed by atoms with Crippen molar-refractivity contribution in [2.75, 3.05) is 16.4 Å². The highest BCUT2D eigenvalue weighted by Crippen LogP contribution is 2.35. The lowest BCUT2D eigenvalue weighted by Gasteiger charge is -2.16. The molecule has 1 aliphatic carbocycles. The lowest BCUT2D eigenvalue weighted by Crippen LogP contribution is -2.21. The predicted molar refractivity (Wildman–Crippen MR) is 144 cm³/mol. The van der Waals surface area contributed by atoms with Gasteiger partial charge in [0.05, 0.1) is 23.1 Å². The number of fused-ring (bicyclic) bond motifs is 2. The minimum atomic E-state index is -0.388. The molecule has 1 fully saturated rings. The molecule has 0 atom stereocenters. The Labute approximate surface area is 211 Å². The van der Waals surface area contributed by atoms with Gasteiger partial charge in [0.25, 0.3) is 0 Å². The van der Waals surface area contributed by atoms with E-state index in [0.29, 0.717) is 50.5 Å². The minimum Gasteiger partial charge on any atom is -0.396 e. The van der Waals surface area contributed by atoms with Crippen molar-refractivity contribution >= 4 is 62.7 Å². The van der Waals surface area contributed by atoms with Crippen molar-refractivity contribution in [2.24, 2.45) is 0 Å². The minimum absolute atomic E-state index is 0.388. The van der Waals surface area contributed by atoms with E-state index in [1.54, 1.807) is 30.5 Å². The Morgan fingerprint density at radius 2 is 1.92 bits per heavy atom. The number of amides is 1. The first kappa shape index (κ1) is 22.2. The number of aromatic nitrogens is 5. The summed E-state index contributed by atoms with van der Waals surface area (Å²) in [5.41, 5.74) is 11.6. The normalized spacial score (nSPS) is 13.9. The Morgan fingerprint density at radius 1 is 1.11 bits per heavy atom. The summed E-state index contributed by atoms with van der Waals surface area (Å²) in [5, 5.41) is 14.4. The largest absolute Gasteiger partial charge is 0.396 e. The summed E-state index contributed by atoms with van der Waals surface area (Å²) >= 11 is 6.12. The summed E-state index contributed by atoms with van der Waals surface area (Å²) in [6.45, 7) is 0. The van der Waals surface area contributed by atoms with E-state index in [0.717, 1.165) is 11.2 Å². The maximum absolute atomic E-state index is 13.5. The van der Waals surface area contributed by atoms with Crippen LogP contribution in [0.25, 0.3) is 22.2 Å². The standard InChI is InChI=1S/C26H25ClN8O/c27-16-6-3-7-18(12-16)31-26(36)35-19-10-8-17(9-11-19)30-24-23(20(28)14-29-25(24)35)32-22-13-21(33-34-22)15-4-1-2-5-15/h3,6-15,30H,1-2,4-5,28H2,(H,31,36)(H2,29,32,33,34). The fourth-order valence-corrected chi connectivity index (χ4v) is 5.02. The van der Waals surface area contributed by atoms with E-state index in [1.807, 2.05) is 30.3 Å². The van der Waals surface area contributed by atoms with Crippen LogP contribution in [0.1, 0.15) is 37.3 Å². The lowest BCUT2D eigenvalue weighted by molar-refractivity contribution is 0.255.